The third-order valence-corrected chi connectivity index (χ3v) is 3.25. The zero-order chi connectivity index (χ0) is 14.3. The van der Waals surface area contributed by atoms with Crippen LogP contribution in [0.1, 0.15) is 51.0 Å². The van der Waals surface area contributed by atoms with Gasteiger partial charge in [-0.05, 0) is 38.8 Å². The van der Waals surface area contributed by atoms with Crippen LogP contribution in [0.5, 0.6) is 0 Å². The molecule has 0 aliphatic carbocycles. The highest BCUT2D eigenvalue weighted by molar-refractivity contribution is 5.92. The molecule has 0 fully saturated rings. The first kappa shape index (κ1) is 15.5. The van der Waals surface area contributed by atoms with E-state index in [-0.39, 0.29) is 11.9 Å². The van der Waals surface area contributed by atoms with Crippen LogP contribution in [0, 0.1) is 0 Å². The number of rotatable bonds is 7. The topological polar surface area (TPSA) is 45.2 Å². The summed E-state index contributed by atoms with van der Waals surface area (Å²) in [5.41, 5.74) is 0.517. The Balaban J connectivity index is 2.85. The van der Waals surface area contributed by atoms with Crippen LogP contribution in [0.4, 0.5) is 5.82 Å². The lowest BCUT2D eigenvalue weighted by Crippen LogP contribution is -2.38. The molecule has 1 unspecified atom stereocenters. The van der Waals surface area contributed by atoms with Crippen molar-refractivity contribution in [2.45, 2.75) is 46.6 Å². The number of carbonyl (C=O) groups excluding carboxylic acids is 1. The van der Waals surface area contributed by atoms with Gasteiger partial charge in [-0.15, -0.1) is 0 Å². The minimum atomic E-state index is 0.0111. The molecule has 0 saturated carbocycles. The van der Waals surface area contributed by atoms with Gasteiger partial charge in [-0.3, -0.25) is 4.79 Å². The third-order valence-electron chi connectivity index (χ3n) is 3.25. The Labute approximate surface area is 116 Å². The van der Waals surface area contributed by atoms with Crippen LogP contribution >= 0.6 is 0 Å². The summed E-state index contributed by atoms with van der Waals surface area (Å²) < 4.78 is 0. The minimum absolute atomic E-state index is 0.0111. The van der Waals surface area contributed by atoms with Crippen molar-refractivity contribution in [2.75, 3.05) is 18.4 Å². The molecule has 1 rings (SSSR count). The van der Waals surface area contributed by atoms with E-state index in [0.717, 1.165) is 25.2 Å². The van der Waals surface area contributed by atoms with Crippen LogP contribution in [-0.4, -0.2) is 34.9 Å². The van der Waals surface area contributed by atoms with Gasteiger partial charge in [0.2, 0.25) is 0 Å². The van der Waals surface area contributed by atoms with Crippen LogP contribution in [-0.2, 0) is 0 Å². The number of aromatic nitrogens is 1. The van der Waals surface area contributed by atoms with E-state index in [2.05, 4.69) is 31.1 Å². The average Bonchev–Trinajstić information content (AvgIpc) is 2.45. The average molecular weight is 263 g/mol. The predicted octanol–water partition coefficient (Wildman–Crippen LogP) is 3.16. The number of nitrogens with zero attached hydrogens (tertiary/aromatic N) is 2. The first-order valence-corrected chi connectivity index (χ1v) is 7.15. The second kappa shape index (κ2) is 7.77. The maximum atomic E-state index is 12.4. The van der Waals surface area contributed by atoms with Crippen molar-refractivity contribution in [2.24, 2.45) is 0 Å². The zero-order valence-corrected chi connectivity index (χ0v) is 12.4. The molecule has 0 aliphatic rings. The van der Waals surface area contributed by atoms with Crippen LogP contribution in [0.25, 0.3) is 0 Å². The fourth-order valence-corrected chi connectivity index (χ4v) is 1.93. The predicted molar refractivity (Wildman–Crippen MR) is 79.5 cm³/mol. The van der Waals surface area contributed by atoms with E-state index >= 15 is 0 Å². The largest absolute Gasteiger partial charge is 0.370 e. The highest BCUT2D eigenvalue weighted by Crippen LogP contribution is 2.11. The molecule has 106 valence electrons. The van der Waals surface area contributed by atoms with Gasteiger partial charge in [-0.1, -0.05) is 19.9 Å². The van der Waals surface area contributed by atoms with Crippen molar-refractivity contribution < 1.29 is 4.79 Å². The fourth-order valence-electron chi connectivity index (χ4n) is 1.93. The summed E-state index contributed by atoms with van der Waals surface area (Å²) in [4.78, 5) is 18.7. The van der Waals surface area contributed by atoms with E-state index in [1.54, 1.807) is 6.07 Å². The van der Waals surface area contributed by atoms with E-state index in [9.17, 15) is 4.79 Å². The SMILES string of the molecule is CCCNc1cccc(C(=O)N(CC)C(C)CC)n1. The van der Waals surface area contributed by atoms with Gasteiger partial charge in [-0.25, -0.2) is 4.98 Å². The molecule has 1 amide bonds. The number of anilines is 1. The third kappa shape index (κ3) is 4.23. The fraction of sp³-hybridized carbons (Fsp3) is 0.600. The van der Waals surface area contributed by atoms with Crippen molar-refractivity contribution in [3.05, 3.63) is 23.9 Å². The van der Waals surface area contributed by atoms with Gasteiger partial charge in [0.1, 0.15) is 11.5 Å². The Morgan fingerprint density at radius 1 is 1.37 bits per heavy atom. The van der Waals surface area contributed by atoms with Crippen molar-refractivity contribution in [1.82, 2.24) is 9.88 Å². The number of hydrogen-bond donors (Lipinski definition) is 1. The van der Waals surface area contributed by atoms with Crippen molar-refractivity contribution >= 4 is 11.7 Å². The summed E-state index contributed by atoms with van der Waals surface area (Å²) in [6.07, 6.45) is 1.99. The van der Waals surface area contributed by atoms with Gasteiger partial charge < -0.3 is 10.2 Å². The molecule has 1 heterocycles. The first-order valence-electron chi connectivity index (χ1n) is 7.15. The maximum Gasteiger partial charge on any atom is 0.272 e. The molecule has 0 aromatic carbocycles. The van der Waals surface area contributed by atoms with Crippen molar-refractivity contribution in [3.63, 3.8) is 0 Å². The van der Waals surface area contributed by atoms with Gasteiger partial charge in [0.05, 0.1) is 0 Å². The normalized spacial score (nSPS) is 12.0. The molecule has 19 heavy (non-hydrogen) atoms. The molecule has 0 radical (unpaired) electrons. The molecule has 1 N–H and O–H groups in total. The van der Waals surface area contributed by atoms with Crippen molar-refractivity contribution in [3.8, 4) is 0 Å². The monoisotopic (exact) mass is 263 g/mol. The smallest absolute Gasteiger partial charge is 0.272 e. The summed E-state index contributed by atoms with van der Waals surface area (Å²) in [5, 5.41) is 3.21. The van der Waals surface area contributed by atoms with Gasteiger partial charge in [0, 0.05) is 19.1 Å². The summed E-state index contributed by atoms with van der Waals surface area (Å²) in [6, 6.07) is 5.80. The molecule has 4 nitrogen and oxygen atoms in total. The maximum absolute atomic E-state index is 12.4. The number of amides is 1. The van der Waals surface area contributed by atoms with Gasteiger partial charge in [0.25, 0.3) is 5.91 Å². The van der Waals surface area contributed by atoms with Gasteiger partial charge >= 0.3 is 0 Å². The Kier molecular flexibility index (Phi) is 6.33. The van der Waals surface area contributed by atoms with E-state index in [4.69, 9.17) is 0 Å². The Hall–Kier alpha value is -1.58. The molecule has 1 atom stereocenters. The van der Waals surface area contributed by atoms with Crippen LogP contribution in [0.3, 0.4) is 0 Å². The standard InChI is InChI=1S/C15H25N3O/c1-5-11-16-14-10-8-9-13(17-14)15(19)18(7-3)12(4)6-2/h8-10,12H,5-7,11H2,1-4H3,(H,16,17). The Morgan fingerprint density at radius 2 is 2.11 bits per heavy atom. The quantitative estimate of drug-likeness (QED) is 0.822. The van der Waals surface area contributed by atoms with E-state index in [1.165, 1.54) is 0 Å². The van der Waals surface area contributed by atoms with E-state index in [1.807, 2.05) is 24.0 Å². The second-order valence-corrected chi connectivity index (χ2v) is 4.68. The van der Waals surface area contributed by atoms with Crippen LogP contribution in [0.15, 0.2) is 18.2 Å². The summed E-state index contributed by atoms with van der Waals surface area (Å²) >= 11 is 0. The molecule has 1 aromatic heterocycles. The minimum Gasteiger partial charge on any atom is -0.370 e. The highest BCUT2D eigenvalue weighted by Gasteiger charge is 2.19. The van der Waals surface area contributed by atoms with Crippen LogP contribution in [0.2, 0.25) is 0 Å². The molecular formula is C15H25N3O. The lowest BCUT2D eigenvalue weighted by atomic mass is 10.2. The lowest BCUT2D eigenvalue weighted by molar-refractivity contribution is 0.0694. The number of hydrogen-bond acceptors (Lipinski definition) is 3. The zero-order valence-electron chi connectivity index (χ0n) is 12.4. The molecule has 0 aliphatic heterocycles. The molecule has 1 aromatic rings. The second-order valence-electron chi connectivity index (χ2n) is 4.68. The molecule has 0 spiro atoms. The summed E-state index contributed by atoms with van der Waals surface area (Å²) in [5.74, 6) is 0.782. The molecule has 0 saturated heterocycles. The molecule has 4 heteroatoms. The summed E-state index contributed by atoms with van der Waals surface area (Å²) in [7, 11) is 0. The number of pyridine rings is 1. The molecular weight excluding hydrogens is 238 g/mol. The lowest BCUT2D eigenvalue weighted by Gasteiger charge is -2.27. The van der Waals surface area contributed by atoms with Gasteiger partial charge in [-0.2, -0.15) is 0 Å². The first-order chi connectivity index (χ1) is 9.13. The van der Waals surface area contributed by atoms with Gasteiger partial charge in [0.15, 0.2) is 0 Å². The summed E-state index contributed by atoms with van der Waals surface area (Å²) in [6.45, 7) is 9.84. The van der Waals surface area contributed by atoms with Crippen LogP contribution < -0.4 is 5.32 Å². The molecule has 0 bridgehead atoms. The van der Waals surface area contributed by atoms with Crippen molar-refractivity contribution in [1.29, 1.82) is 0 Å². The highest BCUT2D eigenvalue weighted by atomic mass is 16.2. The van der Waals surface area contributed by atoms with E-state index < -0.39 is 0 Å². The Morgan fingerprint density at radius 3 is 2.68 bits per heavy atom. The van der Waals surface area contributed by atoms with E-state index in [0.29, 0.717) is 12.2 Å². The Bertz CT molecular complexity index is 406. The number of nitrogens with one attached hydrogen (secondary N) is 1. The number of carbonyl (C=O) groups is 1.